The van der Waals surface area contributed by atoms with Crippen LogP contribution in [0.3, 0.4) is 0 Å². The van der Waals surface area contributed by atoms with E-state index >= 15 is 0 Å². The van der Waals surface area contributed by atoms with E-state index in [9.17, 15) is 18.0 Å². The van der Waals surface area contributed by atoms with Crippen molar-refractivity contribution < 1.29 is 22.7 Å². The molecule has 2 N–H and O–H groups in total. The van der Waals surface area contributed by atoms with Crippen molar-refractivity contribution in [3.63, 3.8) is 0 Å². The molecule has 1 aliphatic heterocycles. The maximum Gasteiger partial charge on any atom is 0.337 e. The SMILES string of the molecule is COC(=O)c1ccc(C(=O)NC(=S)Nc2ccc(S(=O)(=O)N3CCN(C(c4ccccc4)c4ccccc4)CC3)cc2)cc1. The molecule has 0 aromatic heterocycles. The van der Waals surface area contributed by atoms with Gasteiger partial charge in [0.05, 0.1) is 23.6 Å². The zero-order valence-electron chi connectivity index (χ0n) is 24.1. The van der Waals surface area contributed by atoms with E-state index in [1.165, 1.54) is 58.9 Å². The lowest BCUT2D eigenvalue weighted by Crippen LogP contribution is -2.49. The molecule has 4 aromatic carbocycles. The Morgan fingerprint density at radius 2 is 1.27 bits per heavy atom. The molecule has 1 heterocycles. The number of hydrogen-bond acceptors (Lipinski definition) is 7. The van der Waals surface area contributed by atoms with Gasteiger partial charge in [-0.25, -0.2) is 13.2 Å². The minimum absolute atomic E-state index is 0.0381. The molecule has 226 valence electrons. The molecule has 5 rings (SSSR count). The Labute approximate surface area is 262 Å². The quantitative estimate of drug-likeness (QED) is 0.214. The third kappa shape index (κ3) is 7.20. The van der Waals surface area contributed by atoms with Gasteiger partial charge in [0.15, 0.2) is 5.11 Å². The first kappa shape index (κ1) is 31.0. The second-order valence-electron chi connectivity index (χ2n) is 10.2. The van der Waals surface area contributed by atoms with E-state index in [1.807, 2.05) is 36.4 Å². The van der Waals surface area contributed by atoms with Crippen molar-refractivity contribution in [2.75, 3.05) is 38.6 Å². The summed E-state index contributed by atoms with van der Waals surface area (Å²) in [6.07, 6.45) is 0. The summed E-state index contributed by atoms with van der Waals surface area (Å²) in [5, 5.41) is 5.52. The number of nitrogens with one attached hydrogen (secondary N) is 2. The van der Waals surface area contributed by atoms with Gasteiger partial charge in [0.1, 0.15) is 0 Å². The fourth-order valence-corrected chi connectivity index (χ4v) is 6.79. The average molecular weight is 629 g/mol. The number of esters is 1. The van der Waals surface area contributed by atoms with Crippen molar-refractivity contribution >= 4 is 44.9 Å². The Hall–Kier alpha value is -4.42. The largest absolute Gasteiger partial charge is 0.465 e. The fourth-order valence-electron chi connectivity index (χ4n) is 5.16. The monoisotopic (exact) mass is 628 g/mol. The van der Waals surface area contributed by atoms with E-state index in [0.717, 1.165) is 0 Å². The van der Waals surface area contributed by atoms with Crippen molar-refractivity contribution in [2.24, 2.45) is 0 Å². The maximum atomic E-state index is 13.5. The van der Waals surface area contributed by atoms with Crippen molar-refractivity contribution in [3.05, 3.63) is 131 Å². The van der Waals surface area contributed by atoms with E-state index in [4.69, 9.17) is 12.2 Å². The standard InChI is InChI=1S/C33H32N4O5S2/c1-42-32(39)27-14-12-26(13-15-27)31(38)35-33(43)34-28-16-18-29(19-17-28)44(40,41)37-22-20-36(21-23-37)30(24-8-4-2-5-9-24)25-10-6-3-7-11-25/h2-19,30H,20-23H2,1H3,(H2,34,35,38,43). The zero-order chi connectivity index (χ0) is 31.1. The molecule has 9 nitrogen and oxygen atoms in total. The summed E-state index contributed by atoms with van der Waals surface area (Å²) in [5.74, 6) is -0.958. The van der Waals surface area contributed by atoms with Crippen LogP contribution >= 0.6 is 12.2 Å². The van der Waals surface area contributed by atoms with Crippen LogP contribution < -0.4 is 10.6 Å². The lowest BCUT2D eigenvalue weighted by atomic mass is 9.96. The van der Waals surface area contributed by atoms with E-state index < -0.39 is 21.9 Å². The molecule has 11 heteroatoms. The minimum atomic E-state index is -3.71. The second kappa shape index (κ2) is 13.9. The van der Waals surface area contributed by atoms with Crippen LogP contribution in [0, 0.1) is 0 Å². The van der Waals surface area contributed by atoms with Crippen LogP contribution in [0.1, 0.15) is 37.9 Å². The second-order valence-corrected chi connectivity index (χ2v) is 12.5. The van der Waals surface area contributed by atoms with E-state index in [-0.39, 0.29) is 16.0 Å². The van der Waals surface area contributed by atoms with E-state index in [2.05, 4.69) is 44.5 Å². The van der Waals surface area contributed by atoms with Gasteiger partial charge in [-0.1, -0.05) is 60.7 Å². The number of thiocarbonyl (C=S) groups is 1. The first-order valence-electron chi connectivity index (χ1n) is 14.0. The van der Waals surface area contributed by atoms with Crippen LogP contribution in [-0.4, -0.2) is 67.9 Å². The topological polar surface area (TPSA) is 108 Å². The summed E-state index contributed by atoms with van der Waals surface area (Å²) < 4.78 is 33.2. The van der Waals surface area contributed by atoms with Gasteiger partial charge in [0.25, 0.3) is 5.91 Å². The highest BCUT2D eigenvalue weighted by Gasteiger charge is 2.32. The van der Waals surface area contributed by atoms with Crippen LogP contribution in [0.5, 0.6) is 0 Å². The van der Waals surface area contributed by atoms with Gasteiger partial charge >= 0.3 is 5.97 Å². The Kier molecular flexibility index (Phi) is 9.81. The summed E-state index contributed by atoms with van der Waals surface area (Å²) in [6, 6.07) is 32.8. The molecule has 0 atom stereocenters. The Bertz CT molecular complexity index is 1670. The number of amides is 1. The van der Waals surface area contributed by atoms with Gasteiger partial charge < -0.3 is 10.1 Å². The van der Waals surface area contributed by atoms with E-state index in [1.54, 1.807) is 12.1 Å². The molecule has 1 amide bonds. The van der Waals surface area contributed by atoms with Gasteiger partial charge in [-0.15, -0.1) is 0 Å². The molecular formula is C33H32N4O5S2. The minimum Gasteiger partial charge on any atom is -0.465 e. The third-order valence-corrected chi connectivity index (χ3v) is 9.53. The molecule has 0 aliphatic carbocycles. The molecule has 0 spiro atoms. The Morgan fingerprint density at radius 3 is 1.80 bits per heavy atom. The third-order valence-electron chi connectivity index (χ3n) is 7.41. The fraction of sp³-hybridized carbons (Fsp3) is 0.182. The average Bonchev–Trinajstić information content (AvgIpc) is 3.06. The molecule has 0 radical (unpaired) electrons. The van der Waals surface area contributed by atoms with Crippen molar-refractivity contribution in [3.8, 4) is 0 Å². The number of piperazine rings is 1. The first-order chi connectivity index (χ1) is 21.3. The highest BCUT2D eigenvalue weighted by molar-refractivity contribution is 7.89. The predicted molar refractivity (Wildman–Crippen MR) is 173 cm³/mol. The number of nitrogens with zero attached hydrogens (tertiary/aromatic N) is 2. The molecule has 44 heavy (non-hydrogen) atoms. The molecule has 0 saturated carbocycles. The van der Waals surface area contributed by atoms with Gasteiger partial charge in [-0.2, -0.15) is 4.31 Å². The Balaban J connectivity index is 1.18. The lowest BCUT2D eigenvalue weighted by molar-refractivity contribution is 0.0600. The van der Waals surface area contributed by atoms with Crippen LogP contribution in [-0.2, 0) is 14.8 Å². The number of anilines is 1. The first-order valence-corrected chi connectivity index (χ1v) is 15.9. The van der Waals surface area contributed by atoms with Gasteiger partial charge in [0.2, 0.25) is 10.0 Å². The predicted octanol–water partition coefficient (Wildman–Crippen LogP) is 4.70. The molecule has 0 bridgehead atoms. The molecule has 1 fully saturated rings. The van der Waals surface area contributed by atoms with Gasteiger partial charge in [-0.3, -0.25) is 15.0 Å². The maximum absolute atomic E-state index is 13.5. The van der Waals surface area contributed by atoms with Crippen LogP contribution in [0.4, 0.5) is 5.69 Å². The normalized spacial score (nSPS) is 14.1. The highest BCUT2D eigenvalue weighted by atomic mass is 32.2. The number of benzene rings is 4. The van der Waals surface area contributed by atoms with Gasteiger partial charge in [0, 0.05) is 37.4 Å². The number of hydrogen-bond donors (Lipinski definition) is 2. The number of sulfonamides is 1. The molecular weight excluding hydrogens is 597 g/mol. The summed E-state index contributed by atoms with van der Waals surface area (Å²) in [5.41, 5.74) is 3.49. The van der Waals surface area contributed by atoms with E-state index in [0.29, 0.717) is 43.0 Å². The molecule has 1 aliphatic rings. The summed E-state index contributed by atoms with van der Waals surface area (Å²) >= 11 is 5.26. The summed E-state index contributed by atoms with van der Waals surface area (Å²) in [6.45, 7) is 1.92. The highest BCUT2D eigenvalue weighted by Crippen LogP contribution is 2.30. The van der Waals surface area contributed by atoms with Gasteiger partial charge in [-0.05, 0) is 71.9 Å². The number of methoxy groups -OCH3 is 1. The summed E-state index contributed by atoms with van der Waals surface area (Å²) in [7, 11) is -2.43. The van der Waals surface area contributed by atoms with Crippen LogP contribution in [0.25, 0.3) is 0 Å². The van der Waals surface area contributed by atoms with Crippen molar-refractivity contribution in [1.82, 2.24) is 14.5 Å². The van der Waals surface area contributed by atoms with Crippen molar-refractivity contribution in [2.45, 2.75) is 10.9 Å². The number of carbonyl (C=O) groups is 2. The zero-order valence-corrected chi connectivity index (χ0v) is 25.7. The van der Waals surface area contributed by atoms with Crippen LogP contribution in [0.15, 0.2) is 114 Å². The molecule has 1 saturated heterocycles. The number of ether oxygens (including phenoxy) is 1. The summed E-state index contributed by atoms with van der Waals surface area (Å²) in [4.78, 5) is 26.6. The van der Waals surface area contributed by atoms with Crippen LogP contribution in [0.2, 0.25) is 0 Å². The molecule has 4 aromatic rings. The number of rotatable bonds is 8. The molecule has 0 unspecified atom stereocenters. The number of carbonyl (C=O) groups excluding carboxylic acids is 2. The van der Waals surface area contributed by atoms with Crippen molar-refractivity contribution in [1.29, 1.82) is 0 Å². The smallest absolute Gasteiger partial charge is 0.337 e. The lowest BCUT2D eigenvalue weighted by Gasteiger charge is -2.39. The Morgan fingerprint density at radius 1 is 0.750 bits per heavy atom.